The summed E-state index contributed by atoms with van der Waals surface area (Å²) in [6, 6.07) is 0. The minimum absolute atomic E-state index is 0. The Bertz CT molecular complexity index is 260. The van der Waals surface area contributed by atoms with E-state index in [0.29, 0.717) is 3.53 Å². The van der Waals surface area contributed by atoms with Crippen LogP contribution in [-0.4, -0.2) is 9.28 Å². The van der Waals surface area contributed by atoms with Gasteiger partial charge in [0.2, 0.25) is 0 Å². The summed E-state index contributed by atoms with van der Waals surface area (Å²) < 4.78 is 0.682. The molecular formula is C21H41NaS3. The van der Waals surface area contributed by atoms with E-state index in [4.69, 9.17) is 24.8 Å². The molecule has 0 bridgehead atoms. The Kier molecular flexibility index (Phi) is 29.6. The van der Waals surface area contributed by atoms with E-state index in [1.165, 1.54) is 116 Å². The SMILES string of the molecule is CCCCCCCCCCCCCCCCCCCCSC(=S)[S-].[Na+]. The molecule has 0 heterocycles. The number of unbranched alkanes of at least 4 members (excludes halogenated alkanes) is 17. The molecule has 0 spiro atoms. The van der Waals surface area contributed by atoms with Crippen molar-refractivity contribution in [2.45, 2.75) is 122 Å². The number of hydrogen-bond acceptors (Lipinski definition) is 3. The third-order valence-electron chi connectivity index (χ3n) is 4.72. The van der Waals surface area contributed by atoms with Crippen LogP contribution in [0.5, 0.6) is 0 Å². The first kappa shape index (κ1) is 28.9. The normalized spacial score (nSPS) is 10.6. The maximum absolute atomic E-state index is 4.89. The van der Waals surface area contributed by atoms with Crippen LogP contribution in [0, 0.1) is 0 Å². The van der Waals surface area contributed by atoms with Gasteiger partial charge in [-0.2, -0.15) is 0 Å². The predicted molar refractivity (Wildman–Crippen MR) is 121 cm³/mol. The molecule has 0 saturated heterocycles. The Morgan fingerprint density at radius 2 is 0.880 bits per heavy atom. The van der Waals surface area contributed by atoms with Crippen LogP contribution in [0.15, 0.2) is 0 Å². The molecule has 0 aromatic rings. The molecule has 0 fully saturated rings. The van der Waals surface area contributed by atoms with Gasteiger partial charge in [0.1, 0.15) is 0 Å². The van der Waals surface area contributed by atoms with Gasteiger partial charge in [0.05, 0.1) is 0 Å². The summed E-state index contributed by atoms with van der Waals surface area (Å²) in [6.07, 6.45) is 25.8. The second-order valence-corrected chi connectivity index (χ2v) is 9.81. The third kappa shape index (κ3) is 28.0. The van der Waals surface area contributed by atoms with Crippen LogP contribution in [-0.2, 0) is 12.6 Å². The van der Waals surface area contributed by atoms with E-state index in [9.17, 15) is 0 Å². The van der Waals surface area contributed by atoms with Crippen LogP contribution >= 0.6 is 24.0 Å². The summed E-state index contributed by atoms with van der Waals surface area (Å²) in [5.74, 6) is 1.13. The average molecular weight is 413 g/mol. The van der Waals surface area contributed by atoms with Crippen molar-refractivity contribution in [1.29, 1.82) is 0 Å². The maximum Gasteiger partial charge on any atom is 1.00 e. The second kappa shape index (κ2) is 25.7. The van der Waals surface area contributed by atoms with E-state index in [1.807, 2.05) is 0 Å². The number of rotatable bonds is 19. The van der Waals surface area contributed by atoms with Gasteiger partial charge >= 0.3 is 29.6 Å². The van der Waals surface area contributed by atoms with E-state index in [0.717, 1.165) is 5.75 Å². The van der Waals surface area contributed by atoms with Gasteiger partial charge in [-0.25, -0.2) is 0 Å². The van der Waals surface area contributed by atoms with E-state index in [2.05, 4.69) is 6.92 Å². The van der Waals surface area contributed by atoms with Crippen molar-refractivity contribution in [3.8, 4) is 0 Å². The Balaban J connectivity index is 0. The smallest absolute Gasteiger partial charge is 0.422 e. The Labute approximate surface area is 196 Å². The maximum atomic E-state index is 4.89. The van der Waals surface area contributed by atoms with Crippen LogP contribution in [0.3, 0.4) is 0 Å². The average Bonchev–Trinajstić information content (AvgIpc) is 2.56. The van der Waals surface area contributed by atoms with Crippen LogP contribution in [0.1, 0.15) is 122 Å². The molecule has 0 unspecified atom stereocenters. The first-order valence-electron chi connectivity index (χ1n) is 10.6. The topological polar surface area (TPSA) is 0 Å². The van der Waals surface area contributed by atoms with Crippen molar-refractivity contribution in [1.82, 2.24) is 0 Å². The van der Waals surface area contributed by atoms with Crippen LogP contribution in [0.4, 0.5) is 0 Å². The zero-order chi connectivity index (χ0) is 17.7. The molecule has 0 aromatic heterocycles. The molecule has 0 saturated carbocycles. The summed E-state index contributed by atoms with van der Waals surface area (Å²) >= 11 is 11.5. The largest absolute Gasteiger partial charge is 1.00 e. The van der Waals surface area contributed by atoms with Gasteiger partial charge in [-0.05, 0) is 12.2 Å². The summed E-state index contributed by atoms with van der Waals surface area (Å²) in [5, 5.41) is 0. The fraction of sp³-hybridized carbons (Fsp3) is 0.952. The number of thiocarbonyl (C=S) groups is 1. The van der Waals surface area contributed by atoms with Crippen molar-refractivity contribution < 1.29 is 29.6 Å². The van der Waals surface area contributed by atoms with Crippen molar-refractivity contribution in [2.75, 3.05) is 5.75 Å². The zero-order valence-electron chi connectivity index (χ0n) is 17.2. The van der Waals surface area contributed by atoms with Crippen LogP contribution in [0.25, 0.3) is 0 Å². The molecule has 0 aliphatic rings. The van der Waals surface area contributed by atoms with Gasteiger partial charge in [-0.1, -0.05) is 120 Å². The van der Waals surface area contributed by atoms with Crippen molar-refractivity contribution in [3.05, 3.63) is 0 Å². The fourth-order valence-electron chi connectivity index (χ4n) is 3.16. The van der Waals surface area contributed by atoms with Crippen LogP contribution < -0.4 is 29.6 Å². The van der Waals surface area contributed by atoms with Crippen molar-refractivity contribution >= 4 is 40.1 Å². The molecule has 0 atom stereocenters. The standard InChI is InChI=1S/C21H42S3.Na/c1-2-3-4-5-6-7-8-9-10-11-12-13-14-15-16-17-18-19-20-24-21(22)23;/h2-20H2,1H3,(H,22,23);/q;+1/p-1. The fourth-order valence-corrected chi connectivity index (χ4v) is 4.17. The first-order valence-corrected chi connectivity index (χ1v) is 12.4. The monoisotopic (exact) mass is 412 g/mol. The molecule has 0 nitrogen and oxygen atoms in total. The minimum atomic E-state index is 0. The number of thioether (sulfide) groups is 1. The minimum Gasteiger partial charge on any atom is -0.422 e. The van der Waals surface area contributed by atoms with Gasteiger partial charge in [0.25, 0.3) is 0 Å². The summed E-state index contributed by atoms with van der Waals surface area (Å²) in [7, 11) is 0. The molecule has 0 radical (unpaired) electrons. The quantitative estimate of drug-likeness (QED) is 0.117. The zero-order valence-corrected chi connectivity index (χ0v) is 21.6. The molecule has 144 valence electrons. The van der Waals surface area contributed by atoms with E-state index in [-0.39, 0.29) is 29.6 Å². The molecule has 25 heavy (non-hydrogen) atoms. The van der Waals surface area contributed by atoms with Gasteiger partial charge in [0, 0.05) is 0 Å². The molecule has 0 aromatic carbocycles. The Hall–Kier alpha value is 1.66. The second-order valence-electron chi connectivity index (χ2n) is 7.11. The Morgan fingerprint density at radius 3 is 1.16 bits per heavy atom. The van der Waals surface area contributed by atoms with Crippen molar-refractivity contribution in [3.63, 3.8) is 0 Å². The molecule has 0 amide bonds. The Morgan fingerprint density at radius 1 is 0.600 bits per heavy atom. The molecule has 0 aliphatic carbocycles. The first-order chi connectivity index (χ1) is 11.8. The molecule has 0 rings (SSSR count). The van der Waals surface area contributed by atoms with E-state index >= 15 is 0 Å². The molecule has 4 heteroatoms. The summed E-state index contributed by atoms with van der Waals surface area (Å²) in [5.41, 5.74) is 0. The van der Waals surface area contributed by atoms with Crippen molar-refractivity contribution in [2.24, 2.45) is 0 Å². The predicted octanol–water partition coefficient (Wildman–Crippen LogP) is 5.60. The molecular weight excluding hydrogens is 371 g/mol. The van der Waals surface area contributed by atoms with Gasteiger partial charge in [-0.15, -0.1) is 11.8 Å². The number of hydrogen-bond donors (Lipinski definition) is 0. The molecule has 0 aliphatic heterocycles. The van der Waals surface area contributed by atoms with E-state index < -0.39 is 0 Å². The van der Waals surface area contributed by atoms with Gasteiger partial charge < -0.3 is 24.8 Å². The molecule has 0 N–H and O–H groups in total. The van der Waals surface area contributed by atoms with Crippen LogP contribution in [0.2, 0.25) is 0 Å². The summed E-state index contributed by atoms with van der Waals surface area (Å²) in [4.78, 5) is 0. The summed E-state index contributed by atoms with van der Waals surface area (Å²) in [6.45, 7) is 2.29. The van der Waals surface area contributed by atoms with E-state index in [1.54, 1.807) is 11.8 Å². The third-order valence-corrected chi connectivity index (χ3v) is 6.15. The van der Waals surface area contributed by atoms with Gasteiger partial charge in [-0.3, -0.25) is 0 Å². The van der Waals surface area contributed by atoms with Gasteiger partial charge in [0.15, 0.2) is 0 Å².